The van der Waals surface area contributed by atoms with Crippen LogP contribution in [0.2, 0.25) is 0 Å². The number of unbranched alkanes of at least 4 members (excludes halogenated alkanes) is 3. The summed E-state index contributed by atoms with van der Waals surface area (Å²) in [4.78, 5) is 4.73. The van der Waals surface area contributed by atoms with Gasteiger partial charge < -0.3 is 9.80 Å². The first kappa shape index (κ1) is 54.3. The van der Waals surface area contributed by atoms with Crippen molar-refractivity contribution in [1.82, 2.24) is 0 Å². The molecule has 0 fully saturated rings. The highest BCUT2D eigenvalue weighted by molar-refractivity contribution is 6.09. The van der Waals surface area contributed by atoms with E-state index >= 15 is 0 Å². The second kappa shape index (κ2) is 21.5. The van der Waals surface area contributed by atoms with Crippen LogP contribution in [0.15, 0.2) is 242 Å². The molecule has 4 aliphatic heterocycles. The first-order valence-corrected chi connectivity index (χ1v) is 29.9. The van der Waals surface area contributed by atoms with E-state index in [0.29, 0.717) is 0 Å². The van der Waals surface area contributed by atoms with Crippen LogP contribution in [0.5, 0.6) is 0 Å². The minimum atomic E-state index is -0.158. The van der Waals surface area contributed by atoms with E-state index in [1.807, 2.05) is 0 Å². The van der Waals surface area contributed by atoms with E-state index in [4.69, 9.17) is 0 Å². The van der Waals surface area contributed by atoms with Crippen molar-refractivity contribution in [3.8, 4) is 0 Å². The van der Waals surface area contributed by atoms with E-state index in [2.05, 4.69) is 319 Å². The maximum Gasteiger partial charge on any atom is 0.210 e. The fourth-order valence-corrected chi connectivity index (χ4v) is 14.8. The maximum absolute atomic E-state index is 2.63. The van der Waals surface area contributed by atoms with Crippen molar-refractivity contribution in [2.45, 2.75) is 103 Å². The highest BCUT2D eigenvalue weighted by atomic mass is 15.2. The second-order valence-electron chi connectivity index (χ2n) is 25.2. The van der Waals surface area contributed by atoms with Crippen molar-refractivity contribution in [2.75, 3.05) is 37.0 Å². The topological polar surface area (TPSA) is 12.5 Å². The van der Waals surface area contributed by atoms with Crippen LogP contribution in [0.25, 0.3) is 43.1 Å². The van der Waals surface area contributed by atoms with Gasteiger partial charge in [-0.3, -0.25) is 0 Å². The lowest BCUT2D eigenvalue weighted by atomic mass is 9.79. The number of anilines is 2. The Hall–Kier alpha value is -8.34. The number of hydrogen-bond acceptors (Lipinski definition) is 2. The Labute approximate surface area is 487 Å². The van der Waals surface area contributed by atoms with Crippen LogP contribution in [-0.2, 0) is 21.7 Å². The molecule has 0 amide bonds. The molecule has 0 saturated heterocycles. The fraction of sp³-hybridized carbons (Fsp3) is 0.256. The largest absolute Gasteiger partial charge is 0.347 e. The molecule has 8 aromatic rings. The maximum atomic E-state index is 2.63. The van der Waals surface area contributed by atoms with E-state index in [0.717, 1.165) is 38.8 Å². The van der Waals surface area contributed by atoms with E-state index < -0.39 is 0 Å². The van der Waals surface area contributed by atoms with Crippen molar-refractivity contribution >= 4 is 77.3 Å². The predicted molar refractivity (Wildman–Crippen MR) is 354 cm³/mol. The molecule has 0 aliphatic carbocycles. The smallest absolute Gasteiger partial charge is 0.210 e. The van der Waals surface area contributed by atoms with Crippen molar-refractivity contribution in [3.05, 3.63) is 264 Å². The highest BCUT2D eigenvalue weighted by Crippen LogP contribution is 2.52. The molecule has 0 atom stereocenters. The molecule has 8 aromatic carbocycles. The van der Waals surface area contributed by atoms with E-state index in [1.54, 1.807) is 0 Å². The van der Waals surface area contributed by atoms with Gasteiger partial charge in [0, 0.05) is 95.9 Å². The van der Waals surface area contributed by atoms with Gasteiger partial charge in [0.15, 0.2) is 11.4 Å². The van der Waals surface area contributed by atoms with E-state index in [9.17, 15) is 0 Å². The van der Waals surface area contributed by atoms with Gasteiger partial charge in [0.2, 0.25) is 11.4 Å². The lowest BCUT2D eigenvalue weighted by molar-refractivity contribution is -0.440. The van der Waals surface area contributed by atoms with Gasteiger partial charge in [-0.05, 0) is 131 Å². The van der Waals surface area contributed by atoms with E-state index in [-0.39, 0.29) is 21.7 Å². The summed E-state index contributed by atoms with van der Waals surface area (Å²) in [6.07, 6.45) is 35.8. The summed E-state index contributed by atoms with van der Waals surface area (Å²) in [5.41, 5.74) is 15.7. The van der Waals surface area contributed by atoms with Gasteiger partial charge in [0.1, 0.15) is 13.1 Å². The number of nitrogens with zero attached hydrogens (tertiary/aromatic N) is 4. The van der Waals surface area contributed by atoms with Gasteiger partial charge in [-0.25, -0.2) is 0 Å². The SMILES string of the molecule is CN1C(=CC=CC=CC=CC2=[N+](CCCCCC[N+]3=C(C=CC=CC=CC=C4N(C)c5ccc6ccccc6c5C4(C)C)C(C)(C)c4c3ccc3ccccc43)c3ccc4ccccc4c3C2(C)C)C(C)(C)c2c1ccc1ccccc21. The molecule has 4 aliphatic rings. The Morgan fingerprint density at radius 1 is 0.329 bits per heavy atom. The Morgan fingerprint density at radius 2 is 0.646 bits per heavy atom. The first-order valence-electron chi connectivity index (χ1n) is 29.9. The number of fused-ring (bicyclic) bond motifs is 12. The average Bonchev–Trinajstić information content (AvgIpc) is 4.25. The second-order valence-corrected chi connectivity index (χ2v) is 25.2. The van der Waals surface area contributed by atoms with Crippen molar-refractivity contribution in [3.63, 3.8) is 0 Å². The third-order valence-corrected chi connectivity index (χ3v) is 18.7. The number of rotatable bonds is 15. The van der Waals surface area contributed by atoms with Gasteiger partial charge in [-0.1, -0.05) is 198 Å². The van der Waals surface area contributed by atoms with Crippen molar-refractivity contribution in [1.29, 1.82) is 0 Å². The lowest BCUT2D eigenvalue weighted by Gasteiger charge is -2.24. The number of hydrogen-bond donors (Lipinski definition) is 0. The highest BCUT2D eigenvalue weighted by Gasteiger charge is 2.47. The summed E-state index contributed by atoms with van der Waals surface area (Å²) in [5, 5.41) is 10.6. The lowest BCUT2D eigenvalue weighted by Crippen LogP contribution is -2.28. The average molecular weight is 1070 g/mol. The van der Waals surface area contributed by atoms with Crippen LogP contribution in [0.1, 0.15) is 103 Å². The molecule has 82 heavy (non-hydrogen) atoms. The first-order chi connectivity index (χ1) is 39.6. The molecule has 0 bridgehead atoms. The zero-order valence-corrected chi connectivity index (χ0v) is 50.0. The minimum absolute atomic E-state index is 0.105. The zero-order chi connectivity index (χ0) is 57.0. The third-order valence-electron chi connectivity index (χ3n) is 18.7. The van der Waals surface area contributed by atoms with Gasteiger partial charge in [0.05, 0.1) is 10.8 Å². The summed E-state index contributed by atoms with van der Waals surface area (Å²) < 4.78 is 5.25. The molecule has 4 heteroatoms. The van der Waals surface area contributed by atoms with Gasteiger partial charge in [-0.2, -0.15) is 9.15 Å². The summed E-state index contributed by atoms with van der Waals surface area (Å²) >= 11 is 0. The van der Waals surface area contributed by atoms with Gasteiger partial charge in [0.25, 0.3) is 0 Å². The predicted octanol–water partition coefficient (Wildman–Crippen LogP) is 19.3. The van der Waals surface area contributed by atoms with Crippen LogP contribution in [0, 0.1) is 0 Å². The molecule has 4 heterocycles. The van der Waals surface area contributed by atoms with Crippen molar-refractivity contribution in [2.24, 2.45) is 0 Å². The summed E-state index contributed by atoms with van der Waals surface area (Å²) in [7, 11) is 4.40. The van der Waals surface area contributed by atoms with Crippen LogP contribution >= 0.6 is 0 Å². The third kappa shape index (κ3) is 9.25. The molecule has 410 valence electrons. The van der Waals surface area contributed by atoms with Gasteiger partial charge in [-0.15, -0.1) is 0 Å². The molecule has 0 radical (unpaired) electrons. The van der Waals surface area contributed by atoms with E-state index in [1.165, 1.54) is 111 Å². The van der Waals surface area contributed by atoms with Crippen LogP contribution in [0.4, 0.5) is 22.7 Å². The molecule has 12 rings (SSSR count). The Kier molecular flexibility index (Phi) is 14.2. The standard InChI is InChI=1S/C78H80N4/c1-75(2)67(79(9)63-49-45-55-33-23-27-37-59(55)71(63)75)41-19-13-11-15-21-43-69-77(5,6)73-61-39-29-25-35-57(61)47-51-65(73)81(69)53-31-17-18-32-54-82-66-52-48-58-36-26-30-40-62(58)74(66)78(7,8)70(82)44-22-16-12-14-20-42-68-76(3,4)72-60-38-28-24-34-56(60)46-50-64(72)80(68)10/h11-16,19-30,33-52H,17-18,31-32,53-54H2,1-10H3/q+2. The fourth-order valence-electron chi connectivity index (χ4n) is 14.8. The number of benzene rings is 8. The molecular formula is C78H80N4+2. The molecule has 0 spiro atoms. The summed E-state index contributed by atoms with van der Waals surface area (Å²) in [6, 6.07) is 53.8. The number of allylic oxidation sites excluding steroid dienone is 16. The molecule has 0 N–H and O–H groups in total. The van der Waals surface area contributed by atoms with Crippen molar-refractivity contribution < 1.29 is 9.15 Å². The Morgan fingerprint density at radius 3 is 1.02 bits per heavy atom. The normalized spacial score (nSPS) is 18.9. The minimum Gasteiger partial charge on any atom is -0.347 e. The summed E-state index contributed by atoms with van der Waals surface area (Å²) in [6.45, 7) is 21.0. The quantitative estimate of drug-likeness (QED) is 0.0576. The van der Waals surface area contributed by atoms with Gasteiger partial charge >= 0.3 is 0 Å². The molecule has 0 aromatic heterocycles. The Bertz CT molecular complexity index is 3920. The molecule has 0 unspecified atom stereocenters. The number of likely N-dealkylation sites (N-methyl/N-ethyl adjacent to an activating group) is 2. The monoisotopic (exact) mass is 1070 g/mol. The Balaban J connectivity index is 0.740. The van der Waals surface area contributed by atoms with Crippen LogP contribution in [0.3, 0.4) is 0 Å². The zero-order valence-electron chi connectivity index (χ0n) is 50.0. The molecule has 0 saturated carbocycles. The van der Waals surface area contributed by atoms with Crippen LogP contribution in [-0.4, -0.2) is 47.8 Å². The van der Waals surface area contributed by atoms with Crippen LogP contribution < -0.4 is 9.80 Å². The summed E-state index contributed by atoms with van der Waals surface area (Å²) in [5.74, 6) is 0. The molecular weight excluding hydrogens is 993 g/mol. The molecule has 4 nitrogen and oxygen atoms in total.